The zero-order valence-electron chi connectivity index (χ0n) is 12.2. The maximum Gasteiger partial charge on any atom is 0.181 e. The number of rotatable bonds is 4. The van der Waals surface area contributed by atoms with Crippen molar-refractivity contribution in [2.45, 2.75) is 6.42 Å². The van der Waals surface area contributed by atoms with Crippen molar-refractivity contribution in [3.05, 3.63) is 71.2 Å². The summed E-state index contributed by atoms with van der Waals surface area (Å²) < 4.78 is 0. The molecule has 1 N–H and O–H groups in total. The van der Waals surface area contributed by atoms with Crippen molar-refractivity contribution < 1.29 is 4.79 Å². The van der Waals surface area contributed by atoms with Gasteiger partial charge in [0, 0.05) is 28.9 Å². The number of hydrogen-bond acceptors (Lipinski definition) is 4. The number of Topliss-reactive ketones (excluding diaryl/α,β-unsaturated/α-hetero) is 1. The van der Waals surface area contributed by atoms with Crippen LogP contribution in [0.3, 0.4) is 0 Å². The fraction of sp³-hybridized carbons (Fsp3) is 0.0556. The molecule has 23 heavy (non-hydrogen) atoms. The van der Waals surface area contributed by atoms with Crippen molar-refractivity contribution in [3.63, 3.8) is 0 Å². The summed E-state index contributed by atoms with van der Waals surface area (Å²) in [5.41, 5.74) is 3.37. The smallest absolute Gasteiger partial charge is 0.181 e. The number of carbonyl (C=O) groups is 1. The van der Waals surface area contributed by atoms with Gasteiger partial charge in [-0.25, -0.2) is 4.98 Å². The monoisotopic (exact) mass is 319 g/mol. The average Bonchev–Trinajstić information content (AvgIpc) is 3.22. The molecule has 1 aromatic carbocycles. The van der Waals surface area contributed by atoms with E-state index < -0.39 is 0 Å². The molecule has 4 nitrogen and oxygen atoms in total. The predicted molar refractivity (Wildman–Crippen MR) is 91.7 cm³/mol. The number of thiophene rings is 1. The number of nitrogens with zero attached hydrogens (tertiary/aromatic N) is 2. The molecule has 0 fully saturated rings. The van der Waals surface area contributed by atoms with Crippen LogP contribution in [0.15, 0.2) is 60.1 Å². The van der Waals surface area contributed by atoms with Gasteiger partial charge in [-0.05, 0) is 23.8 Å². The lowest BCUT2D eigenvalue weighted by Gasteiger charge is -1.98. The Balaban J connectivity index is 1.63. The van der Waals surface area contributed by atoms with E-state index in [9.17, 15) is 4.79 Å². The van der Waals surface area contributed by atoms with Crippen LogP contribution in [-0.2, 0) is 6.42 Å². The normalized spacial score (nSPS) is 11.0. The minimum absolute atomic E-state index is 0.126. The molecular formula is C18H13N3OS. The Morgan fingerprint density at radius 1 is 1.13 bits per heavy atom. The molecule has 0 amide bonds. The molecule has 0 aliphatic carbocycles. The molecule has 0 bridgehead atoms. The number of fused-ring (bicyclic) bond motifs is 1. The molecule has 0 atom stereocenters. The van der Waals surface area contributed by atoms with Crippen molar-refractivity contribution in [2.75, 3.05) is 0 Å². The van der Waals surface area contributed by atoms with E-state index >= 15 is 0 Å². The lowest BCUT2D eigenvalue weighted by molar-refractivity contribution is 0.0993. The highest BCUT2D eigenvalue weighted by atomic mass is 32.1. The van der Waals surface area contributed by atoms with Gasteiger partial charge in [0.15, 0.2) is 11.4 Å². The summed E-state index contributed by atoms with van der Waals surface area (Å²) in [4.78, 5) is 17.6. The molecule has 0 saturated heterocycles. The van der Waals surface area contributed by atoms with Crippen LogP contribution in [-0.4, -0.2) is 21.0 Å². The first-order valence-corrected chi connectivity index (χ1v) is 8.14. The van der Waals surface area contributed by atoms with Gasteiger partial charge in [0.25, 0.3) is 0 Å². The Labute approximate surface area is 136 Å². The molecule has 0 unspecified atom stereocenters. The largest absolute Gasteiger partial charge is 0.294 e. The minimum Gasteiger partial charge on any atom is -0.294 e. The van der Waals surface area contributed by atoms with Gasteiger partial charge >= 0.3 is 0 Å². The van der Waals surface area contributed by atoms with Gasteiger partial charge < -0.3 is 0 Å². The van der Waals surface area contributed by atoms with Gasteiger partial charge in [-0.1, -0.05) is 30.3 Å². The zero-order valence-corrected chi connectivity index (χ0v) is 13.0. The molecule has 4 aromatic rings. The average molecular weight is 319 g/mol. The van der Waals surface area contributed by atoms with Crippen molar-refractivity contribution in [2.24, 2.45) is 0 Å². The van der Waals surface area contributed by atoms with Crippen LogP contribution in [0.1, 0.15) is 15.9 Å². The van der Waals surface area contributed by atoms with E-state index in [-0.39, 0.29) is 5.78 Å². The molecule has 0 radical (unpaired) electrons. The Morgan fingerprint density at radius 3 is 2.87 bits per heavy atom. The SMILES string of the molecule is O=C(Cc1ccccc1)c1csc(-c2[nH]nc3ncccc23)c1. The third-order valence-corrected chi connectivity index (χ3v) is 4.65. The van der Waals surface area contributed by atoms with Gasteiger partial charge in [0.05, 0.1) is 10.6 Å². The first-order valence-electron chi connectivity index (χ1n) is 7.26. The van der Waals surface area contributed by atoms with Crippen LogP contribution in [0.4, 0.5) is 0 Å². The Hall–Kier alpha value is -2.79. The fourth-order valence-electron chi connectivity index (χ4n) is 2.53. The molecular weight excluding hydrogens is 306 g/mol. The highest BCUT2D eigenvalue weighted by molar-refractivity contribution is 7.14. The first-order chi connectivity index (χ1) is 11.3. The van der Waals surface area contributed by atoms with Gasteiger partial charge in [-0.2, -0.15) is 5.10 Å². The Bertz CT molecular complexity index is 972. The second-order valence-electron chi connectivity index (χ2n) is 5.26. The molecule has 112 valence electrons. The third kappa shape index (κ3) is 2.66. The summed E-state index contributed by atoms with van der Waals surface area (Å²) >= 11 is 1.54. The van der Waals surface area contributed by atoms with Gasteiger partial charge in [-0.15, -0.1) is 11.3 Å². The van der Waals surface area contributed by atoms with E-state index in [2.05, 4.69) is 15.2 Å². The molecule has 0 saturated carbocycles. The second kappa shape index (κ2) is 5.78. The third-order valence-electron chi connectivity index (χ3n) is 3.70. The molecule has 3 aromatic heterocycles. The molecule has 0 spiro atoms. The zero-order chi connectivity index (χ0) is 15.6. The number of carbonyl (C=O) groups excluding carboxylic acids is 1. The number of aromatic nitrogens is 3. The number of ketones is 1. The maximum absolute atomic E-state index is 12.4. The van der Waals surface area contributed by atoms with Crippen LogP contribution >= 0.6 is 11.3 Å². The van der Waals surface area contributed by atoms with E-state index in [0.29, 0.717) is 12.1 Å². The second-order valence-corrected chi connectivity index (χ2v) is 6.17. The van der Waals surface area contributed by atoms with Crippen molar-refractivity contribution in [1.29, 1.82) is 0 Å². The molecule has 3 heterocycles. The van der Waals surface area contributed by atoms with Crippen molar-refractivity contribution >= 4 is 28.2 Å². The standard InChI is InChI=1S/C18H13N3OS/c22-15(9-12-5-2-1-3-6-12)13-10-16(23-11-13)17-14-7-4-8-19-18(14)21-20-17/h1-8,10-11H,9H2,(H,19,20,21). The molecule has 5 heteroatoms. The number of hydrogen-bond donors (Lipinski definition) is 1. The Kier molecular flexibility index (Phi) is 3.48. The summed E-state index contributed by atoms with van der Waals surface area (Å²) in [6, 6.07) is 15.6. The predicted octanol–water partition coefficient (Wildman–Crippen LogP) is 4.11. The van der Waals surface area contributed by atoms with Crippen LogP contribution in [0.25, 0.3) is 21.6 Å². The van der Waals surface area contributed by atoms with E-state index in [1.54, 1.807) is 17.5 Å². The van der Waals surface area contributed by atoms with E-state index in [0.717, 1.165) is 27.1 Å². The first kappa shape index (κ1) is 13.8. The number of pyridine rings is 1. The highest BCUT2D eigenvalue weighted by Crippen LogP contribution is 2.31. The number of nitrogens with one attached hydrogen (secondary N) is 1. The van der Waals surface area contributed by atoms with Crippen LogP contribution in [0, 0.1) is 0 Å². The number of aromatic amines is 1. The van der Waals surface area contributed by atoms with E-state index in [1.165, 1.54) is 0 Å². The molecule has 4 rings (SSSR count). The Morgan fingerprint density at radius 2 is 2.00 bits per heavy atom. The van der Waals surface area contributed by atoms with Crippen LogP contribution in [0.5, 0.6) is 0 Å². The molecule has 0 aliphatic heterocycles. The summed E-state index contributed by atoms with van der Waals surface area (Å²) in [6.45, 7) is 0. The lowest BCUT2D eigenvalue weighted by Crippen LogP contribution is -2.01. The maximum atomic E-state index is 12.4. The topological polar surface area (TPSA) is 58.6 Å². The van der Waals surface area contributed by atoms with Crippen molar-refractivity contribution in [1.82, 2.24) is 15.2 Å². The minimum atomic E-state index is 0.126. The van der Waals surface area contributed by atoms with Gasteiger partial charge in [-0.3, -0.25) is 9.89 Å². The highest BCUT2D eigenvalue weighted by Gasteiger charge is 2.14. The van der Waals surface area contributed by atoms with E-state index in [1.807, 2.05) is 53.9 Å². The lowest BCUT2D eigenvalue weighted by atomic mass is 10.0. The van der Waals surface area contributed by atoms with Crippen molar-refractivity contribution in [3.8, 4) is 10.6 Å². The number of benzene rings is 1. The summed E-state index contributed by atoms with van der Waals surface area (Å²) in [7, 11) is 0. The number of H-pyrrole nitrogens is 1. The van der Waals surface area contributed by atoms with Gasteiger partial charge in [0.2, 0.25) is 0 Å². The van der Waals surface area contributed by atoms with E-state index in [4.69, 9.17) is 0 Å². The quantitative estimate of drug-likeness (QED) is 0.576. The summed E-state index contributed by atoms with van der Waals surface area (Å²) in [5, 5.41) is 10.1. The summed E-state index contributed by atoms with van der Waals surface area (Å²) in [5.74, 6) is 0.126. The van der Waals surface area contributed by atoms with Gasteiger partial charge in [0.1, 0.15) is 0 Å². The van der Waals surface area contributed by atoms with Crippen LogP contribution < -0.4 is 0 Å². The molecule has 0 aliphatic rings. The fourth-order valence-corrected chi connectivity index (χ4v) is 3.46. The summed E-state index contributed by atoms with van der Waals surface area (Å²) in [6.07, 6.45) is 2.14. The van der Waals surface area contributed by atoms with Crippen LogP contribution in [0.2, 0.25) is 0 Å².